The lowest BCUT2D eigenvalue weighted by Gasteiger charge is -2.37. The second-order valence-corrected chi connectivity index (χ2v) is 8.65. The maximum atomic E-state index is 12.3. The summed E-state index contributed by atoms with van der Waals surface area (Å²) in [7, 11) is 0. The van der Waals surface area contributed by atoms with E-state index in [0.717, 1.165) is 13.1 Å². The monoisotopic (exact) mass is 370 g/mol. The molecule has 1 heterocycles. The first kappa shape index (κ1) is 19.8. The fourth-order valence-corrected chi connectivity index (χ4v) is 3.91. The first-order valence-corrected chi connectivity index (χ1v) is 10.5. The molecule has 1 aromatic rings. The third-order valence-corrected chi connectivity index (χ3v) is 5.31. The Kier molecular flexibility index (Phi) is 6.46. The predicted octanol–water partition coefficient (Wildman–Crippen LogP) is 5.48. The summed E-state index contributed by atoms with van der Waals surface area (Å²) in [5.74, 6) is 0. The molecule has 1 fully saturated rings. The molecule has 1 amide bonds. The molecule has 0 unspecified atom stereocenters. The maximum Gasteiger partial charge on any atom is 0.410 e. The quantitative estimate of drug-likeness (QED) is 0.691. The average Bonchev–Trinajstić information content (AvgIpc) is 2.60. The van der Waals surface area contributed by atoms with Crippen LogP contribution in [0.2, 0.25) is 0 Å². The molecule has 1 aliphatic carbocycles. The van der Waals surface area contributed by atoms with E-state index in [1.165, 1.54) is 55.3 Å². The van der Waals surface area contributed by atoms with E-state index < -0.39 is 5.60 Å². The molecule has 2 aliphatic rings. The van der Waals surface area contributed by atoms with E-state index >= 15 is 0 Å². The van der Waals surface area contributed by atoms with E-state index in [9.17, 15) is 4.79 Å². The number of amides is 1. The van der Waals surface area contributed by atoms with Crippen molar-refractivity contribution in [1.82, 2.24) is 4.90 Å². The summed E-state index contributed by atoms with van der Waals surface area (Å²) in [5, 5.41) is 0. The lowest BCUT2D eigenvalue weighted by Crippen LogP contribution is -2.50. The van der Waals surface area contributed by atoms with Crippen molar-refractivity contribution >= 4 is 17.4 Å². The Hall–Kier alpha value is -1.97. The number of rotatable bonds is 2. The van der Waals surface area contributed by atoms with Gasteiger partial charge in [0, 0.05) is 37.4 Å². The van der Waals surface area contributed by atoms with Crippen LogP contribution in [-0.2, 0) is 4.74 Å². The van der Waals surface area contributed by atoms with Crippen LogP contribution in [0.25, 0.3) is 5.57 Å². The maximum absolute atomic E-state index is 12.3. The van der Waals surface area contributed by atoms with Gasteiger partial charge in [-0.05, 0) is 58.1 Å². The molecule has 0 N–H and O–H groups in total. The zero-order valence-corrected chi connectivity index (χ0v) is 17.2. The number of para-hydroxylation sites is 1. The fourth-order valence-electron chi connectivity index (χ4n) is 3.91. The number of hydrogen-bond donors (Lipinski definition) is 0. The second kappa shape index (κ2) is 8.81. The molecule has 4 nitrogen and oxygen atoms in total. The average molecular weight is 371 g/mol. The molecule has 0 spiro atoms. The largest absolute Gasteiger partial charge is 0.444 e. The summed E-state index contributed by atoms with van der Waals surface area (Å²) < 4.78 is 5.52. The minimum atomic E-state index is -0.439. The first-order chi connectivity index (χ1) is 12.9. The summed E-state index contributed by atoms with van der Waals surface area (Å²) in [6, 6.07) is 8.78. The van der Waals surface area contributed by atoms with E-state index in [-0.39, 0.29) is 6.09 Å². The Morgan fingerprint density at radius 1 is 0.963 bits per heavy atom. The summed E-state index contributed by atoms with van der Waals surface area (Å²) >= 11 is 0. The van der Waals surface area contributed by atoms with Gasteiger partial charge in [-0.25, -0.2) is 4.79 Å². The third-order valence-electron chi connectivity index (χ3n) is 5.31. The van der Waals surface area contributed by atoms with Crippen molar-refractivity contribution in [1.29, 1.82) is 0 Å². The van der Waals surface area contributed by atoms with E-state index in [0.29, 0.717) is 13.1 Å². The SMILES string of the molecule is CC(C)(C)OC(=O)N1CCN(c2ccccc2/C2=C/CCCCCC2)CC1. The highest BCUT2D eigenvalue weighted by Gasteiger charge is 2.26. The van der Waals surface area contributed by atoms with Crippen molar-refractivity contribution in [2.24, 2.45) is 0 Å². The fraction of sp³-hybridized carbons (Fsp3) is 0.609. The van der Waals surface area contributed by atoms with Gasteiger partial charge in [0.2, 0.25) is 0 Å². The van der Waals surface area contributed by atoms with Crippen LogP contribution in [0.1, 0.15) is 64.9 Å². The zero-order valence-electron chi connectivity index (χ0n) is 17.2. The lowest BCUT2D eigenvalue weighted by molar-refractivity contribution is 0.0240. The Morgan fingerprint density at radius 3 is 2.41 bits per heavy atom. The van der Waals surface area contributed by atoms with Gasteiger partial charge in [0.05, 0.1) is 0 Å². The summed E-state index contributed by atoms with van der Waals surface area (Å²) in [6.45, 7) is 8.87. The van der Waals surface area contributed by atoms with Gasteiger partial charge in [0.15, 0.2) is 0 Å². The van der Waals surface area contributed by atoms with Crippen molar-refractivity contribution in [3.05, 3.63) is 35.9 Å². The van der Waals surface area contributed by atoms with Crippen molar-refractivity contribution < 1.29 is 9.53 Å². The topological polar surface area (TPSA) is 32.8 Å². The van der Waals surface area contributed by atoms with E-state index in [1.807, 2.05) is 25.7 Å². The number of hydrogen-bond acceptors (Lipinski definition) is 3. The number of ether oxygens (including phenoxy) is 1. The Bertz CT molecular complexity index is 667. The Labute approximate surface area is 164 Å². The van der Waals surface area contributed by atoms with Crippen LogP contribution in [0.4, 0.5) is 10.5 Å². The summed E-state index contributed by atoms with van der Waals surface area (Å²) in [4.78, 5) is 16.6. The van der Waals surface area contributed by atoms with E-state index in [1.54, 1.807) is 0 Å². The standard InChI is InChI=1S/C23H34N2O2/c1-23(2,3)27-22(26)25-17-15-24(16-18-25)21-14-10-9-13-20(21)19-11-7-5-4-6-8-12-19/h9-11,13-14H,4-8,12,15-18H2,1-3H3/b19-11+. The number of nitrogens with zero attached hydrogens (tertiary/aromatic N) is 2. The van der Waals surface area contributed by atoms with Crippen LogP contribution >= 0.6 is 0 Å². The molecular weight excluding hydrogens is 336 g/mol. The van der Waals surface area contributed by atoms with E-state index in [4.69, 9.17) is 4.74 Å². The van der Waals surface area contributed by atoms with Crippen molar-refractivity contribution in [2.45, 2.75) is 64.9 Å². The van der Waals surface area contributed by atoms with Gasteiger partial charge in [-0.1, -0.05) is 37.1 Å². The lowest BCUT2D eigenvalue weighted by atomic mass is 9.93. The molecule has 148 valence electrons. The third kappa shape index (κ3) is 5.50. The summed E-state index contributed by atoms with van der Waals surface area (Å²) in [5.41, 5.74) is 3.75. The number of carbonyl (C=O) groups excluding carboxylic acids is 1. The number of benzene rings is 1. The van der Waals surface area contributed by atoms with Crippen LogP contribution < -0.4 is 4.90 Å². The molecule has 3 rings (SSSR count). The molecule has 0 aromatic heterocycles. The molecule has 4 heteroatoms. The van der Waals surface area contributed by atoms with Crippen LogP contribution in [0.5, 0.6) is 0 Å². The Morgan fingerprint density at radius 2 is 1.67 bits per heavy atom. The Balaban J connectivity index is 1.69. The zero-order chi connectivity index (χ0) is 19.3. The normalized spacial score (nSPS) is 21.1. The molecule has 0 radical (unpaired) electrons. The smallest absolute Gasteiger partial charge is 0.410 e. The highest BCUT2D eigenvalue weighted by Crippen LogP contribution is 2.33. The summed E-state index contributed by atoms with van der Waals surface area (Å²) in [6.07, 6.45) is 9.91. The molecule has 1 saturated heterocycles. The van der Waals surface area contributed by atoms with Crippen LogP contribution in [0.15, 0.2) is 30.3 Å². The van der Waals surface area contributed by atoms with Gasteiger partial charge in [-0.15, -0.1) is 0 Å². The number of piperazine rings is 1. The van der Waals surface area contributed by atoms with Gasteiger partial charge in [-0.3, -0.25) is 0 Å². The van der Waals surface area contributed by atoms with Crippen molar-refractivity contribution in [2.75, 3.05) is 31.1 Å². The number of carbonyl (C=O) groups is 1. The molecule has 0 atom stereocenters. The van der Waals surface area contributed by atoms with Gasteiger partial charge in [0.25, 0.3) is 0 Å². The van der Waals surface area contributed by atoms with Crippen LogP contribution in [0.3, 0.4) is 0 Å². The van der Waals surface area contributed by atoms with Crippen molar-refractivity contribution in [3.8, 4) is 0 Å². The molecule has 0 bridgehead atoms. The van der Waals surface area contributed by atoms with E-state index in [2.05, 4.69) is 35.2 Å². The van der Waals surface area contributed by atoms with Gasteiger partial charge >= 0.3 is 6.09 Å². The van der Waals surface area contributed by atoms with Gasteiger partial charge in [0.1, 0.15) is 5.60 Å². The minimum Gasteiger partial charge on any atom is -0.444 e. The molecule has 1 aromatic carbocycles. The predicted molar refractivity (Wildman–Crippen MR) is 112 cm³/mol. The molecular formula is C23H34N2O2. The van der Waals surface area contributed by atoms with Gasteiger partial charge in [-0.2, -0.15) is 0 Å². The number of anilines is 1. The number of allylic oxidation sites excluding steroid dienone is 2. The first-order valence-electron chi connectivity index (χ1n) is 10.5. The second-order valence-electron chi connectivity index (χ2n) is 8.65. The van der Waals surface area contributed by atoms with Crippen LogP contribution in [-0.4, -0.2) is 42.8 Å². The highest BCUT2D eigenvalue weighted by molar-refractivity contribution is 5.77. The van der Waals surface area contributed by atoms with Crippen LogP contribution in [0, 0.1) is 0 Å². The molecule has 27 heavy (non-hydrogen) atoms. The van der Waals surface area contributed by atoms with Gasteiger partial charge < -0.3 is 14.5 Å². The molecule has 1 aliphatic heterocycles. The van der Waals surface area contributed by atoms with Crippen molar-refractivity contribution in [3.63, 3.8) is 0 Å². The molecule has 0 saturated carbocycles. The minimum absolute atomic E-state index is 0.196. The highest BCUT2D eigenvalue weighted by atomic mass is 16.6.